The number of ether oxygens (including phenoxy) is 1. The van der Waals surface area contributed by atoms with Crippen molar-refractivity contribution in [2.45, 2.75) is 13.2 Å². The molecular weight excluding hydrogens is 352 g/mol. The van der Waals surface area contributed by atoms with E-state index in [0.717, 1.165) is 16.9 Å². The van der Waals surface area contributed by atoms with Gasteiger partial charge in [0.1, 0.15) is 5.75 Å². The first-order chi connectivity index (χ1) is 13.6. The van der Waals surface area contributed by atoms with Gasteiger partial charge >= 0.3 is 0 Å². The summed E-state index contributed by atoms with van der Waals surface area (Å²) >= 11 is 0. The molecule has 0 bridgehead atoms. The van der Waals surface area contributed by atoms with Gasteiger partial charge in [-0.15, -0.1) is 0 Å². The van der Waals surface area contributed by atoms with Gasteiger partial charge in [-0.25, -0.2) is 0 Å². The van der Waals surface area contributed by atoms with Gasteiger partial charge in [-0.2, -0.15) is 20.5 Å². The number of azo groups is 2. The van der Waals surface area contributed by atoms with Crippen molar-refractivity contribution in [3.8, 4) is 5.75 Å². The highest BCUT2D eigenvalue weighted by Crippen LogP contribution is 2.27. The highest BCUT2D eigenvalue weighted by atomic mass is 16.6. The zero-order valence-electron chi connectivity index (χ0n) is 15.4. The van der Waals surface area contributed by atoms with Crippen LogP contribution < -0.4 is 4.74 Å². The number of hydrogen-bond donors (Lipinski definition) is 1. The first kappa shape index (κ1) is 19.1. The predicted molar refractivity (Wildman–Crippen MR) is 109 cm³/mol. The summed E-state index contributed by atoms with van der Waals surface area (Å²) in [5.41, 5.74) is 3.77. The van der Waals surface area contributed by atoms with Crippen LogP contribution in [0.2, 0.25) is 0 Å². The van der Waals surface area contributed by atoms with Crippen LogP contribution in [0.3, 0.4) is 0 Å². The van der Waals surface area contributed by atoms with Gasteiger partial charge in [0.15, 0.2) is 0 Å². The Balaban J connectivity index is 1.65. The molecule has 0 heterocycles. The number of benzene rings is 3. The third-order valence-corrected chi connectivity index (χ3v) is 3.78. The molecule has 1 N–H and O–H groups in total. The lowest BCUT2D eigenvalue weighted by Gasteiger charge is -2.11. The Morgan fingerprint density at radius 2 is 1.29 bits per heavy atom. The minimum atomic E-state index is -1.04. The van der Waals surface area contributed by atoms with Gasteiger partial charge in [0.05, 0.1) is 22.7 Å². The topological polar surface area (TPSA) is 78.9 Å². The Labute approximate surface area is 163 Å². The van der Waals surface area contributed by atoms with E-state index in [1.54, 1.807) is 12.1 Å². The SMILES string of the molecule is C=CC(O)Oc1ccc(N=Nc2ccc(N=Nc3ccccc3)cc2)cc1C. The van der Waals surface area contributed by atoms with E-state index in [0.29, 0.717) is 17.1 Å². The zero-order chi connectivity index (χ0) is 19.8. The molecule has 0 aromatic heterocycles. The largest absolute Gasteiger partial charge is 0.461 e. The second kappa shape index (κ2) is 9.34. The molecule has 0 saturated carbocycles. The Morgan fingerprint density at radius 3 is 1.82 bits per heavy atom. The quantitative estimate of drug-likeness (QED) is 0.284. The molecule has 0 aliphatic carbocycles. The molecule has 3 rings (SSSR count). The number of hydrogen-bond acceptors (Lipinski definition) is 6. The third-order valence-electron chi connectivity index (χ3n) is 3.78. The molecule has 1 unspecified atom stereocenters. The summed E-state index contributed by atoms with van der Waals surface area (Å²) in [6, 6.07) is 22.2. The molecule has 1 atom stereocenters. The van der Waals surface area contributed by atoms with Crippen molar-refractivity contribution >= 4 is 22.7 Å². The van der Waals surface area contributed by atoms with Crippen LogP contribution in [0.1, 0.15) is 5.56 Å². The fourth-order valence-corrected chi connectivity index (χ4v) is 2.32. The maximum atomic E-state index is 9.49. The average Bonchev–Trinajstić information content (AvgIpc) is 2.74. The van der Waals surface area contributed by atoms with Gasteiger partial charge in [0.2, 0.25) is 6.29 Å². The van der Waals surface area contributed by atoms with Crippen LogP contribution in [0, 0.1) is 6.92 Å². The van der Waals surface area contributed by atoms with E-state index in [4.69, 9.17) is 4.74 Å². The fourth-order valence-electron chi connectivity index (χ4n) is 2.32. The van der Waals surface area contributed by atoms with Crippen LogP contribution in [-0.2, 0) is 0 Å². The van der Waals surface area contributed by atoms with Crippen molar-refractivity contribution in [2.75, 3.05) is 0 Å². The molecule has 0 radical (unpaired) electrons. The van der Waals surface area contributed by atoms with Crippen molar-refractivity contribution in [1.29, 1.82) is 0 Å². The van der Waals surface area contributed by atoms with Crippen LogP contribution in [0.4, 0.5) is 22.7 Å². The summed E-state index contributed by atoms with van der Waals surface area (Å²) in [6.45, 7) is 5.35. The molecule has 0 aliphatic rings. The van der Waals surface area contributed by atoms with Crippen LogP contribution in [0.15, 0.2) is 106 Å². The average molecular weight is 372 g/mol. The van der Waals surface area contributed by atoms with Crippen LogP contribution in [-0.4, -0.2) is 11.4 Å². The Kier molecular flexibility index (Phi) is 6.38. The van der Waals surface area contributed by atoms with Gasteiger partial charge in [-0.05, 0) is 73.2 Å². The lowest BCUT2D eigenvalue weighted by molar-refractivity contribution is 0.0245. The first-order valence-electron chi connectivity index (χ1n) is 8.70. The van der Waals surface area contributed by atoms with E-state index in [-0.39, 0.29) is 0 Å². The van der Waals surface area contributed by atoms with Gasteiger partial charge < -0.3 is 9.84 Å². The van der Waals surface area contributed by atoms with Gasteiger partial charge in [-0.3, -0.25) is 0 Å². The summed E-state index contributed by atoms with van der Waals surface area (Å²) < 4.78 is 5.33. The number of aliphatic hydroxyl groups excluding tert-OH is 1. The molecule has 6 heteroatoms. The van der Waals surface area contributed by atoms with Crippen molar-refractivity contribution in [1.82, 2.24) is 0 Å². The molecule has 0 saturated heterocycles. The van der Waals surface area contributed by atoms with Crippen LogP contribution in [0.25, 0.3) is 0 Å². The summed E-state index contributed by atoms with van der Waals surface area (Å²) in [4.78, 5) is 0. The molecule has 0 fully saturated rings. The molecule has 6 nitrogen and oxygen atoms in total. The lowest BCUT2D eigenvalue weighted by atomic mass is 10.2. The predicted octanol–water partition coefficient (Wildman–Crippen LogP) is 6.71. The van der Waals surface area contributed by atoms with Crippen LogP contribution >= 0.6 is 0 Å². The van der Waals surface area contributed by atoms with Gasteiger partial charge in [0.25, 0.3) is 0 Å². The minimum Gasteiger partial charge on any atom is -0.461 e. The molecule has 28 heavy (non-hydrogen) atoms. The van der Waals surface area contributed by atoms with E-state index in [1.165, 1.54) is 6.08 Å². The van der Waals surface area contributed by atoms with Crippen molar-refractivity contribution in [3.63, 3.8) is 0 Å². The van der Waals surface area contributed by atoms with Crippen molar-refractivity contribution < 1.29 is 9.84 Å². The Hall–Kier alpha value is -3.64. The van der Waals surface area contributed by atoms with Gasteiger partial charge in [0, 0.05) is 0 Å². The summed E-state index contributed by atoms with van der Waals surface area (Å²) in [5, 5.41) is 26.3. The zero-order valence-corrected chi connectivity index (χ0v) is 15.4. The van der Waals surface area contributed by atoms with Crippen molar-refractivity contribution in [2.24, 2.45) is 20.5 Å². The summed E-state index contributed by atoms with van der Waals surface area (Å²) in [7, 11) is 0. The first-order valence-corrected chi connectivity index (χ1v) is 8.70. The molecule has 0 aliphatic heterocycles. The highest BCUT2D eigenvalue weighted by molar-refractivity contribution is 5.49. The second-order valence-electron chi connectivity index (χ2n) is 5.95. The van der Waals surface area contributed by atoms with Crippen LogP contribution in [0.5, 0.6) is 5.75 Å². The van der Waals surface area contributed by atoms with E-state index in [2.05, 4.69) is 27.0 Å². The maximum Gasteiger partial charge on any atom is 0.217 e. The number of rotatable bonds is 7. The third kappa shape index (κ3) is 5.43. The van der Waals surface area contributed by atoms with E-state index in [9.17, 15) is 5.11 Å². The fraction of sp³-hybridized carbons (Fsp3) is 0.0909. The molecule has 0 spiro atoms. The Bertz CT molecular complexity index is 983. The molecule has 3 aromatic carbocycles. The lowest BCUT2D eigenvalue weighted by Crippen LogP contribution is -2.11. The highest BCUT2D eigenvalue weighted by Gasteiger charge is 2.05. The maximum absolute atomic E-state index is 9.49. The van der Waals surface area contributed by atoms with E-state index >= 15 is 0 Å². The van der Waals surface area contributed by atoms with Crippen molar-refractivity contribution in [3.05, 3.63) is 91.0 Å². The normalized spacial score (nSPS) is 12.4. The number of nitrogens with zero attached hydrogens (tertiary/aromatic N) is 4. The monoisotopic (exact) mass is 372 g/mol. The second-order valence-corrected chi connectivity index (χ2v) is 5.95. The molecule has 140 valence electrons. The standard InChI is InChI=1S/C22H20N4O2/c1-3-22(27)28-21-14-13-20(15-16(21)2)26-25-19-11-9-18(10-12-19)24-23-17-7-5-4-6-8-17/h3-15,22,27H,1H2,2H3. The smallest absolute Gasteiger partial charge is 0.217 e. The van der Waals surface area contributed by atoms with E-state index < -0.39 is 6.29 Å². The van der Waals surface area contributed by atoms with E-state index in [1.807, 2.05) is 67.6 Å². The summed E-state index contributed by atoms with van der Waals surface area (Å²) in [5.74, 6) is 0.569. The molecule has 3 aromatic rings. The summed E-state index contributed by atoms with van der Waals surface area (Å²) in [6.07, 6.45) is 0.277. The number of aliphatic hydroxyl groups is 1. The Morgan fingerprint density at radius 1 is 0.786 bits per heavy atom. The minimum absolute atomic E-state index is 0.569. The van der Waals surface area contributed by atoms with Gasteiger partial charge in [-0.1, -0.05) is 24.8 Å². The molecule has 0 amide bonds. The number of aryl methyl sites for hydroxylation is 1. The molecular formula is C22H20N4O2.